The minimum absolute atomic E-state index is 0.000171. The van der Waals surface area contributed by atoms with Crippen LogP contribution in [-0.2, 0) is 14.3 Å². The lowest BCUT2D eigenvalue weighted by molar-refractivity contribution is -0.145. The van der Waals surface area contributed by atoms with Gasteiger partial charge in [0.25, 0.3) is 5.91 Å². The van der Waals surface area contributed by atoms with Gasteiger partial charge in [0.2, 0.25) is 5.91 Å². The first kappa shape index (κ1) is 18.7. The van der Waals surface area contributed by atoms with Crippen molar-refractivity contribution in [2.24, 2.45) is 23.7 Å². The number of amides is 2. The van der Waals surface area contributed by atoms with Crippen LogP contribution in [0.1, 0.15) is 23.2 Å². The molecule has 2 N–H and O–H groups in total. The second-order valence-electron chi connectivity index (χ2n) is 8.18. The summed E-state index contributed by atoms with van der Waals surface area (Å²) in [7, 11) is 1.56. The molecule has 0 spiro atoms. The molecule has 2 aromatic carbocycles. The normalized spacial score (nSPS) is 28.2. The summed E-state index contributed by atoms with van der Waals surface area (Å²) in [6.07, 6.45) is 1.65. The molecule has 7 heteroatoms. The molecule has 1 aliphatic heterocycles. The zero-order valence-electron chi connectivity index (χ0n) is 16.5. The number of carbonyl (C=O) groups is 3. The molecular formula is C23H22N2O5. The van der Waals surface area contributed by atoms with Gasteiger partial charge in [0.1, 0.15) is 11.9 Å². The lowest BCUT2D eigenvalue weighted by Gasteiger charge is -2.23. The Morgan fingerprint density at radius 3 is 2.60 bits per heavy atom. The molecule has 3 aliphatic rings. The fourth-order valence-corrected chi connectivity index (χ4v) is 5.23. The molecular weight excluding hydrogens is 384 g/mol. The minimum Gasteiger partial charge on any atom is -0.497 e. The number of anilines is 2. The standard InChI is InChI=1S/C23H22N2O5/c1-29-16-7-3-6-15(11-16)24-21(26)12-4-2-5-14(8-12)25-22(27)19-13-9-17-18(10-13)30-23(28)20(17)19/h2-8,11,13,17-20H,9-10H2,1H3,(H,24,26)(H,25,27)/t13-,17+,18-,19-,20+/m1/s1. The molecule has 2 bridgehead atoms. The third-order valence-corrected chi connectivity index (χ3v) is 6.51. The van der Waals surface area contributed by atoms with E-state index in [0.717, 1.165) is 12.8 Å². The smallest absolute Gasteiger partial charge is 0.310 e. The fourth-order valence-electron chi connectivity index (χ4n) is 5.23. The number of ether oxygens (including phenoxy) is 2. The Kier molecular flexibility index (Phi) is 4.46. The Bertz CT molecular complexity index is 1030. The van der Waals surface area contributed by atoms with Crippen LogP contribution in [-0.4, -0.2) is 31.0 Å². The van der Waals surface area contributed by atoms with Gasteiger partial charge >= 0.3 is 5.97 Å². The number of hydrogen-bond donors (Lipinski definition) is 2. The predicted octanol–water partition coefficient (Wildman–Crippen LogP) is 3.08. The van der Waals surface area contributed by atoms with Gasteiger partial charge in [-0.25, -0.2) is 0 Å². The first-order valence-corrected chi connectivity index (χ1v) is 10.1. The summed E-state index contributed by atoms with van der Waals surface area (Å²) in [5, 5.41) is 5.73. The maximum atomic E-state index is 12.9. The molecule has 5 atom stereocenters. The minimum atomic E-state index is -0.351. The molecule has 2 amide bonds. The Hall–Kier alpha value is -3.35. The lowest BCUT2D eigenvalue weighted by Crippen LogP contribution is -2.35. The largest absolute Gasteiger partial charge is 0.497 e. The van der Waals surface area contributed by atoms with Gasteiger partial charge in [0, 0.05) is 28.9 Å². The number of carbonyl (C=O) groups excluding carboxylic acids is 3. The number of fused-ring (bicyclic) bond motifs is 1. The molecule has 2 saturated carbocycles. The van der Waals surface area contributed by atoms with Crippen molar-refractivity contribution in [1.29, 1.82) is 0 Å². The van der Waals surface area contributed by atoms with Gasteiger partial charge in [-0.2, -0.15) is 0 Å². The van der Waals surface area contributed by atoms with E-state index in [0.29, 0.717) is 22.7 Å². The van der Waals surface area contributed by atoms with Crippen molar-refractivity contribution in [2.75, 3.05) is 17.7 Å². The number of nitrogens with one attached hydrogen (secondary N) is 2. The third-order valence-electron chi connectivity index (χ3n) is 6.51. The zero-order valence-corrected chi connectivity index (χ0v) is 16.5. The van der Waals surface area contributed by atoms with Crippen LogP contribution in [0.15, 0.2) is 48.5 Å². The van der Waals surface area contributed by atoms with Gasteiger partial charge in [-0.3, -0.25) is 14.4 Å². The first-order valence-electron chi connectivity index (χ1n) is 10.1. The number of methoxy groups -OCH3 is 1. The van der Waals surface area contributed by atoms with Crippen LogP contribution in [0.5, 0.6) is 5.75 Å². The van der Waals surface area contributed by atoms with E-state index in [1.54, 1.807) is 55.6 Å². The average Bonchev–Trinajstić information content (AvgIpc) is 3.37. The molecule has 0 aromatic heterocycles. The van der Waals surface area contributed by atoms with E-state index in [1.807, 2.05) is 0 Å². The first-order chi connectivity index (χ1) is 14.5. The Labute approximate surface area is 173 Å². The third kappa shape index (κ3) is 3.10. The molecule has 5 rings (SSSR count). The maximum Gasteiger partial charge on any atom is 0.310 e. The van der Waals surface area contributed by atoms with Crippen molar-refractivity contribution in [3.8, 4) is 5.75 Å². The summed E-state index contributed by atoms with van der Waals surface area (Å²) in [5.74, 6) is -0.362. The van der Waals surface area contributed by atoms with Crippen molar-refractivity contribution < 1.29 is 23.9 Å². The van der Waals surface area contributed by atoms with E-state index >= 15 is 0 Å². The number of benzene rings is 2. The van der Waals surface area contributed by atoms with E-state index in [9.17, 15) is 14.4 Å². The predicted molar refractivity (Wildman–Crippen MR) is 109 cm³/mol. The van der Waals surface area contributed by atoms with Crippen LogP contribution >= 0.6 is 0 Å². The zero-order chi connectivity index (χ0) is 20.8. The highest BCUT2D eigenvalue weighted by atomic mass is 16.6. The quantitative estimate of drug-likeness (QED) is 0.745. The number of rotatable bonds is 5. The van der Waals surface area contributed by atoms with E-state index in [-0.39, 0.29) is 47.6 Å². The number of esters is 1. The van der Waals surface area contributed by atoms with Crippen LogP contribution in [0.25, 0.3) is 0 Å². The van der Waals surface area contributed by atoms with Gasteiger partial charge in [-0.15, -0.1) is 0 Å². The summed E-state index contributed by atoms with van der Waals surface area (Å²) in [5.41, 5.74) is 1.57. The second-order valence-corrected chi connectivity index (χ2v) is 8.18. The monoisotopic (exact) mass is 406 g/mol. The Morgan fingerprint density at radius 2 is 1.80 bits per heavy atom. The molecule has 154 valence electrons. The topological polar surface area (TPSA) is 93.7 Å². The van der Waals surface area contributed by atoms with Gasteiger partial charge in [0.05, 0.1) is 18.9 Å². The number of hydrogen-bond acceptors (Lipinski definition) is 5. The Morgan fingerprint density at radius 1 is 1.03 bits per heavy atom. The summed E-state index contributed by atoms with van der Waals surface area (Å²) in [6.45, 7) is 0. The summed E-state index contributed by atoms with van der Waals surface area (Å²) >= 11 is 0. The fraction of sp³-hybridized carbons (Fsp3) is 0.348. The van der Waals surface area contributed by atoms with E-state index in [2.05, 4.69) is 10.6 Å². The SMILES string of the molecule is COc1cccc(NC(=O)c2cccc(NC(=O)[C@@H]3[C@@H]4C[C@@H]5[C@@H]3C(=O)O[C@@H]5C4)c2)c1. The molecule has 7 nitrogen and oxygen atoms in total. The molecule has 0 unspecified atom stereocenters. The molecule has 30 heavy (non-hydrogen) atoms. The van der Waals surface area contributed by atoms with Crippen molar-refractivity contribution in [1.82, 2.24) is 0 Å². The van der Waals surface area contributed by atoms with Crippen LogP contribution in [0.3, 0.4) is 0 Å². The molecule has 2 aromatic rings. The molecule has 3 fully saturated rings. The van der Waals surface area contributed by atoms with Crippen LogP contribution in [0.2, 0.25) is 0 Å². The second kappa shape index (κ2) is 7.16. The van der Waals surface area contributed by atoms with E-state index in [1.165, 1.54) is 0 Å². The lowest BCUT2D eigenvalue weighted by atomic mass is 9.79. The van der Waals surface area contributed by atoms with Crippen molar-refractivity contribution in [3.63, 3.8) is 0 Å². The average molecular weight is 406 g/mol. The summed E-state index contributed by atoms with van der Waals surface area (Å²) in [6, 6.07) is 13.9. The highest BCUT2D eigenvalue weighted by Crippen LogP contribution is 2.57. The highest BCUT2D eigenvalue weighted by Gasteiger charge is 2.63. The van der Waals surface area contributed by atoms with Crippen molar-refractivity contribution in [3.05, 3.63) is 54.1 Å². The van der Waals surface area contributed by atoms with Crippen LogP contribution in [0.4, 0.5) is 11.4 Å². The molecule has 2 aliphatic carbocycles. The summed E-state index contributed by atoms with van der Waals surface area (Å²) < 4.78 is 10.6. The van der Waals surface area contributed by atoms with Crippen LogP contribution in [0, 0.1) is 23.7 Å². The molecule has 1 saturated heterocycles. The Balaban J connectivity index is 1.29. The van der Waals surface area contributed by atoms with Crippen LogP contribution < -0.4 is 15.4 Å². The van der Waals surface area contributed by atoms with Gasteiger partial charge in [-0.05, 0) is 49.1 Å². The highest BCUT2D eigenvalue weighted by molar-refractivity contribution is 6.05. The summed E-state index contributed by atoms with van der Waals surface area (Å²) in [4.78, 5) is 37.7. The van der Waals surface area contributed by atoms with Gasteiger partial charge < -0.3 is 20.1 Å². The van der Waals surface area contributed by atoms with Crippen molar-refractivity contribution in [2.45, 2.75) is 18.9 Å². The molecule has 1 heterocycles. The van der Waals surface area contributed by atoms with Gasteiger partial charge in [-0.1, -0.05) is 12.1 Å². The van der Waals surface area contributed by atoms with E-state index in [4.69, 9.17) is 9.47 Å². The van der Waals surface area contributed by atoms with Gasteiger partial charge in [0.15, 0.2) is 0 Å². The van der Waals surface area contributed by atoms with Crippen molar-refractivity contribution >= 4 is 29.2 Å². The maximum absolute atomic E-state index is 12.9. The van der Waals surface area contributed by atoms with E-state index < -0.39 is 0 Å². The molecule has 0 radical (unpaired) electrons.